The number of anilines is 2. The Morgan fingerprint density at radius 1 is 1.06 bits per heavy atom. The van der Waals surface area contributed by atoms with Gasteiger partial charge in [0.25, 0.3) is 11.8 Å². The van der Waals surface area contributed by atoms with Crippen molar-refractivity contribution in [1.82, 2.24) is 19.6 Å². The number of imidazole rings is 1. The molecule has 0 saturated heterocycles. The summed E-state index contributed by atoms with van der Waals surface area (Å²) in [6.45, 7) is 3.12. The van der Waals surface area contributed by atoms with Crippen LogP contribution in [0.15, 0.2) is 83.5 Å². The number of para-hydroxylation sites is 1. The predicted molar refractivity (Wildman–Crippen MR) is 199 cm³/mol. The first kappa shape index (κ1) is 34.5. The molecule has 0 bridgehead atoms. The molecular weight excluding hydrogens is 686 g/mol. The number of pyridine rings is 1. The zero-order valence-electron chi connectivity index (χ0n) is 28.5. The van der Waals surface area contributed by atoms with Crippen molar-refractivity contribution in [3.63, 3.8) is 0 Å². The molecule has 0 aliphatic carbocycles. The van der Waals surface area contributed by atoms with Crippen molar-refractivity contribution < 1.29 is 28.3 Å². The van der Waals surface area contributed by atoms with Gasteiger partial charge in [-0.15, -0.1) is 11.6 Å². The van der Waals surface area contributed by atoms with Crippen molar-refractivity contribution in [3.8, 4) is 5.75 Å². The molecule has 13 nitrogen and oxygen atoms in total. The molecule has 7 rings (SSSR count). The molecule has 0 fully saturated rings. The largest absolute Gasteiger partial charge is 0.451 e. The van der Waals surface area contributed by atoms with E-state index in [2.05, 4.69) is 15.6 Å². The van der Waals surface area contributed by atoms with Gasteiger partial charge >= 0.3 is 6.09 Å². The number of aryl methyl sites for hydroxylation is 1. The number of primary amides is 1. The Hall–Kier alpha value is -5.92. The van der Waals surface area contributed by atoms with Crippen LogP contribution in [0.25, 0.3) is 27.4 Å². The molecule has 266 valence electrons. The van der Waals surface area contributed by atoms with Crippen molar-refractivity contribution >= 4 is 74.2 Å². The molecule has 4 heterocycles. The smallest absolute Gasteiger partial charge is 0.415 e. The third kappa shape index (κ3) is 6.63. The zero-order chi connectivity index (χ0) is 36.5. The van der Waals surface area contributed by atoms with Gasteiger partial charge < -0.3 is 39.7 Å². The van der Waals surface area contributed by atoms with E-state index in [9.17, 15) is 19.2 Å². The van der Waals surface area contributed by atoms with Crippen LogP contribution in [-0.2, 0) is 4.79 Å². The maximum absolute atomic E-state index is 14.3. The lowest BCUT2D eigenvalue weighted by molar-refractivity contribution is -0.118. The highest BCUT2D eigenvalue weighted by molar-refractivity contribution is 6.19. The molecule has 1 atom stereocenters. The molecule has 1 aliphatic rings. The van der Waals surface area contributed by atoms with Crippen LogP contribution in [0, 0.1) is 6.92 Å². The fourth-order valence-corrected chi connectivity index (χ4v) is 6.88. The molecule has 4 N–H and O–H groups in total. The first-order valence-electron chi connectivity index (χ1n) is 16.8. The van der Waals surface area contributed by atoms with Gasteiger partial charge in [-0.3, -0.25) is 14.4 Å². The minimum Gasteiger partial charge on any atom is -0.451 e. The van der Waals surface area contributed by atoms with E-state index in [1.165, 1.54) is 4.90 Å². The van der Waals surface area contributed by atoms with E-state index in [0.29, 0.717) is 41.1 Å². The first-order chi connectivity index (χ1) is 25.1. The van der Waals surface area contributed by atoms with Crippen LogP contribution >= 0.6 is 11.6 Å². The van der Waals surface area contributed by atoms with Crippen LogP contribution in [0.1, 0.15) is 44.5 Å². The Morgan fingerprint density at radius 3 is 2.65 bits per heavy atom. The molecule has 0 spiro atoms. The van der Waals surface area contributed by atoms with Crippen molar-refractivity contribution in [2.75, 3.05) is 49.3 Å². The van der Waals surface area contributed by atoms with Gasteiger partial charge in [0.15, 0.2) is 5.76 Å². The third-order valence-electron chi connectivity index (χ3n) is 9.18. The zero-order valence-corrected chi connectivity index (χ0v) is 29.3. The number of hydrogen-bond acceptors (Lipinski definition) is 8. The van der Waals surface area contributed by atoms with Crippen LogP contribution < -0.4 is 26.0 Å². The van der Waals surface area contributed by atoms with E-state index >= 15 is 0 Å². The summed E-state index contributed by atoms with van der Waals surface area (Å²) in [5.41, 5.74) is 9.52. The lowest BCUT2D eigenvalue weighted by Crippen LogP contribution is -2.40. The van der Waals surface area contributed by atoms with Crippen LogP contribution in [0.4, 0.5) is 16.2 Å². The minimum atomic E-state index is -0.646. The van der Waals surface area contributed by atoms with Gasteiger partial charge in [0, 0.05) is 73.6 Å². The topological polar surface area (TPSA) is 165 Å². The lowest BCUT2D eigenvalue weighted by Gasteiger charge is -2.23. The normalized spacial score (nSPS) is 13.8. The Morgan fingerprint density at radius 2 is 1.88 bits per heavy atom. The molecular formula is C38H36ClN7O6. The quantitative estimate of drug-likeness (QED) is 0.144. The summed E-state index contributed by atoms with van der Waals surface area (Å²) in [6, 6.07) is 19.9. The molecule has 6 aromatic rings. The number of halogens is 1. The summed E-state index contributed by atoms with van der Waals surface area (Å²) in [5.74, 6) is -0.815. The van der Waals surface area contributed by atoms with E-state index < -0.39 is 17.9 Å². The average Bonchev–Trinajstić information content (AvgIpc) is 3.86. The highest BCUT2D eigenvalue weighted by Crippen LogP contribution is 2.47. The van der Waals surface area contributed by atoms with E-state index in [1.807, 2.05) is 43.3 Å². The molecule has 0 saturated carbocycles. The van der Waals surface area contributed by atoms with Crippen LogP contribution in [0.2, 0.25) is 0 Å². The minimum absolute atomic E-state index is 0.0172. The maximum atomic E-state index is 14.3. The van der Waals surface area contributed by atoms with E-state index in [0.717, 1.165) is 21.9 Å². The fourth-order valence-electron chi connectivity index (χ4n) is 6.63. The number of alkyl halides is 1. The number of rotatable bonds is 11. The summed E-state index contributed by atoms with van der Waals surface area (Å²) in [7, 11) is 1.76. The number of carbonyl (C=O) groups is 4. The Bertz CT molecular complexity index is 2340. The number of likely N-dealkylation sites (N-methyl/N-ethyl adjacent to an activating group) is 1. The Balaban J connectivity index is 1.19. The second kappa shape index (κ2) is 14.4. The monoisotopic (exact) mass is 721 g/mol. The molecule has 0 unspecified atom stereocenters. The van der Waals surface area contributed by atoms with Gasteiger partial charge in [0.1, 0.15) is 22.7 Å². The van der Waals surface area contributed by atoms with Gasteiger partial charge in [0.05, 0.1) is 11.4 Å². The predicted octanol–water partition coefficient (Wildman–Crippen LogP) is 5.67. The van der Waals surface area contributed by atoms with Gasteiger partial charge in [-0.05, 0) is 54.8 Å². The third-order valence-corrected chi connectivity index (χ3v) is 9.55. The van der Waals surface area contributed by atoms with E-state index in [-0.39, 0.29) is 54.4 Å². The Kier molecular flexibility index (Phi) is 9.54. The number of furan rings is 1. The van der Waals surface area contributed by atoms with Gasteiger partial charge in [-0.1, -0.05) is 36.4 Å². The summed E-state index contributed by atoms with van der Waals surface area (Å²) in [5, 5.41) is 8.21. The number of nitrogens with one attached hydrogen (secondary N) is 2. The van der Waals surface area contributed by atoms with E-state index in [4.69, 9.17) is 26.5 Å². The van der Waals surface area contributed by atoms with Gasteiger partial charge in [0.2, 0.25) is 5.91 Å². The number of aromatic nitrogens is 2. The first-order valence-corrected chi connectivity index (χ1v) is 17.3. The van der Waals surface area contributed by atoms with Crippen LogP contribution in [-0.4, -0.2) is 77.2 Å². The summed E-state index contributed by atoms with van der Waals surface area (Å²) >= 11 is 6.53. The van der Waals surface area contributed by atoms with Crippen molar-refractivity contribution in [2.45, 2.75) is 19.3 Å². The number of nitrogens with two attached hydrogens (primary N) is 1. The maximum Gasteiger partial charge on any atom is 0.415 e. The number of fused-ring (bicyclic) bond motifs is 5. The van der Waals surface area contributed by atoms with Crippen molar-refractivity contribution in [2.24, 2.45) is 5.73 Å². The highest BCUT2D eigenvalue weighted by atomic mass is 35.5. The van der Waals surface area contributed by atoms with Crippen molar-refractivity contribution in [3.05, 3.63) is 102 Å². The average molecular weight is 722 g/mol. The lowest BCUT2D eigenvalue weighted by atomic mass is 9.92. The fraction of sp³-hybridized carbons (Fsp3) is 0.237. The van der Waals surface area contributed by atoms with Crippen LogP contribution in [0.5, 0.6) is 5.75 Å². The molecule has 14 heteroatoms. The van der Waals surface area contributed by atoms with E-state index in [1.54, 1.807) is 59.1 Å². The van der Waals surface area contributed by atoms with Crippen LogP contribution in [0.3, 0.4) is 0 Å². The number of amides is 4. The molecule has 3 aromatic heterocycles. The summed E-state index contributed by atoms with van der Waals surface area (Å²) in [4.78, 5) is 59.9. The summed E-state index contributed by atoms with van der Waals surface area (Å²) < 4.78 is 13.4. The second-order valence-corrected chi connectivity index (χ2v) is 13.0. The number of carbonyl (C=O) groups excluding carboxylic acids is 4. The molecule has 4 amide bonds. The number of hydrogen-bond donors (Lipinski definition) is 3. The molecule has 0 radical (unpaired) electrons. The van der Waals surface area contributed by atoms with Crippen molar-refractivity contribution in [1.29, 1.82) is 0 Å². The number of ether oxygens (including phenoxy) is 1. The SMILES string of the molecule is CNCCN(CCC(N)=O)C(=O)Oc1cc2c(c3c(C)cccc13)[C@H](CCl)CN2C(=O)c1cn2cc(NC(=O)c3cc4ccccc4o3)ccc2n1. The summed E-state index contributed by atoms with van der Waals surface area (Å²) in [6.07, 6.45) is 2.61. The number of benzene rings is 3. The number of nitrogens with zero attached hydrogens (tertiary/aromatic N) is 4. The molecule has 52 heavy (non-hydrogen) atoms. The van der Waals surface area contributed by atoms with Gasteiger partial charge in [-0.25, -0.2) is 9.78 Å². The standard InChI is InChI=1S/C38H36ClN7O6/c1-22-6-5-8-26-30(52-38(50)44(15-13-41-2)14-12-32(40)47)17-28-35(34(22)26)24(18-39)19-46(28)37(49)27-21-45-20-25(10-11-33(45)43-27)42-36(48)31-16-23-7-3-4-9-29(23)51-31/h3-11,16-17,20-21,24,41H,12-15,18-19H2,1-2H3,(H2,40,47)(H,42,48)/t24-/m1/s1. The molecule has 1 aliphatic heterocycles. The molecule has 3 aromatic carbocycles. The second-order valence-electron chi connectivity index (χ2n) is 12.7. The Labute approximate surface area is 303 Å². The highest BCUT2D eigenvalue weighted by Gasteiger charge is 2.37. The van der Waals surface area contributed by atoms with Gasteiger partial charge in [-0.2, -0.15) is 0 Å².